The second-order valence-corrected chi connectivity index (χ2v) is 8.09. The molecule has 7 nitrogen and oxygen atoms in total. The predicted molar refractivity (Wildman–Crippen MR) is 114 cm³/mol. The molecule has 0 atom stereocenters. The highest BCUT2D eigenvalue weighted by atomic mass is 19.1. The summed E-state index contributed by atoms with van der Waals surface area (Å²) in [5.41, 5.74) is 3.16. The highest BCUT2D eigenvalue weighted by Crippen LogP contribution is 2.38. The van der Waals surface area contributed by atoms with Crippen LogP contribution in [-0.2, 0) is 7.05 Å². The molecule has 0 unspecified atom stereocenters. The number of furan rings is 1. The van der Waals surface area contributed by atoms with Crippen LogP contribution in [0.4, 0.5) is 8.78 Å². The molecule has 1 aliphatic carbocycles. The summed E-state index contributed by atoms with van der Waals surface area (Å²) in [4.78, 5) is 13.5. The minimum Gasteiger partial charge on any atom is -0.436 e. The lowest BCUT2D eigenvalue weighted by molar-refractivity contribution is 0.128. The number of hydrogen-bond acceptors (Lipinski definition) is 5. The Kier molecular flexibility index (Phi) is 4.17. The number of aryl methyl sites for hydroxylation is 1. The molecule has 1 fully saturated rings. The zero-order valence-corrected chi connectivity index (χ0v) is 17.1. The molecular formula is C23H18F2N6O. The van der Waals surface area contributed by atoms with E-state index in [-0.39, 0.29) is 11.9 Å². The fourth-order valence-electron chi connectivity index (χ4n) is 3.93. The van der Waals surface area contributed by atoms with Gasteiger partial charge in [-0.3, -0.25) is 4.68 Å². The Morgan fingerprint density at radius 1 is 1.09 bits per heavy atom. The minimum absolute atomic E-state index is 0.0129. The first kappa shape index (κ1) is 18.9. The van der Waals surface area contributed by atoms with E-state index in [0.29, 0.717) is 47.1 Å². The third-order valence-electron chi connectivity index (χ3n) is 5.75. The lowest BCUT2D eigenvalue weighted by atomic mass is 9.91. The minimum atomic E-state index is -0.803. The number of imidazole rings is 1. The molecule has 0 aliphatic heterocycles. The van der Waals surface area contributed by atoms with Crippen LogP contribution in [0.2, 0.25) is 0 Å². The molecule has 1 aliphatic rings. The number of rotatable bonds is 4. The van der Waals surface area contributed by atoms with Crippen molar-refractivity contribution in [1.29, 1.82) is 0 Å². The topological polar surface area (TPSA) is 74.6 Å². The van der Waals surface area contributed by atoms with E-state index < -0.39 is 6.17 Å². The SMILES string of the molecule is Cn1cnc(-c2cc3cnc(-c4cn(C5CC(F)C5)nc4-c4ccc(F)cc4)nc3o2)c1. The highest BCUT2D eigenvalue weighted by Gasteiger charge is 2.32. The van der Waals surface area contributed by atoms with Crippen molar-refractivity contribution in [3.63, 3.8) is 0 Å². The largest absolute Gasteiger partial charge is 0.436 e. The van der Waals surface area contributed by atoms with Gasteiger partial charge in [-0.15, -0.1) is 0 Å². The normalized spacial score (nSPS) is 18.2. The van der Waals surface area contributed by atoms with Crippen molar-refractivity contribution in [2.75, 3.05) is 0 Å². The average Bonchev–Trinajstić information content (AvgIpc) is 3.49. The molecule has 5 aromatic rings. The number of halogens is 2. The van der Waals surface area contributed by atoms with E-state index in [1.165, 1.54) is 12.1 Å². The maximum absolute atomic E-state index is 13.5. The summed E-state index contributed by atoms with van der Waals surface area (Å²) >= 11 is 0. The van der Waals surface area contributed by atoms with Crippen molar-refractivity contribution >= 4 is 11.1 Å². The summed E-state index contributed by atoms with van der Waals surface area (Å²) < 4.78 is 36.5. The Balaban J connectivity index is 1.45. The van der Waals surface area contributed by atoms with E-state index >= 15 is 0 Å². The van der Waals surface area contributed by atoms with Gasteiger partial charge in [0.15, 0.2) is 11.6 Å². The number of aromatic nitrogens is 6. The van der Waals surface area contributed by atoms with E-state index in [1.807, 2.05) is 30.1 Å². The summed E-state index contributed by atoms with van der Waals surface area (Å²) in [6.07, 6.45) is 7.14. The van der Waals surface area contributed by atoms with E-state index in [1.54, 1.807) is 29.3 Å². The third kappa shape index (κ3) is 3.17. The maximum atomic E-state index is 13.5. The quantitative estimate of drug-likeness (QED) is 0.401. The fourth-order valence-corrected chi connectivity index (χ4v) is 3.93. The number of benzene rings is 1. The fraction of sp³-hybridized carbons (Fsp3) is 0.217. The van der Waals surface area contributed by atoms with E-state index in [4.69, 9.17) is 4.42 Å². The van der Waals surface area contributed by atoms with Gasteiger partial charge in [0.25, 0.3) is 0 Å². The number of fused-ring (bicyclic) bond motifs is 1. The van der Waals surface area contributed by atoms with Crippen molar-refractivity contribution in [2.24, 2.45) is 7.05 Å². The van der Waals surface area contributed by atoms with Gasteiger partial charge in [-0.05, 0) is 30.3 Å². The van der Waals surface area contributed by atoms with Crippen LogP contribution in [0.3, 0.4) is 0 Å². The van der Waals surface area contributed by atoms with E-state index in [2.05, 4.69) is 20.1 Å². The molecule has 32 heavy (non-hydrogen) atoms. The number of hydrogen-bond donors (Lipinski definition) is 0. The molecule has 0 saturated heterocycles. The van der Waals surface area contributed by atoms with E-state index in [0.717, 1.165) is 10.9 Å². The first-order valence-electron chi connectivity index (χ1n) is 10.3. The number of nitrogens with zero attached hydrogens (tertiary/aromatic N) is 6. The Morgan fingerprint density at radius 2 is 1.91 bits per heavy atom. The van der Waals surface area contributed by atoms with Gasteiger partial charge in [-0.2, -0.15) is 10.1 Å². The standard InChI is InChI=1S/C23H18F2N6O/c1-30-11-19(27-12-30)20-6-14-9-26-22(28-23(14)32-20)18-10-31(17-7-16(25)8-17)29-21(18)13-2-4-15(24)5-3-13/h2-6,9-12,16-17H,7-8H2,1H3. The van der Waals surface area contributed by atoms with Gasteiger partial charge in [0.2, 0.25) is 5.71 Å². The van der Waals surface area contributed by atoms with Crippen LogP contribution in [0.5, 0.6) is 0 Å². The molecule has 0 N–H and O–H groups in total. The second-order valence-electron chi connectivity index (χ2n) is 8.09. The Labute approximate surface area is 181 Å². The van der Waals surface area contributed by atoms with Crippen molar-refractivity contribution in [3.05, 3.63) is 61.1 Å². The van der Waals surface area contributed by atoms with Gasteiger partial charge in [0.1, 0.15) is 23.4 Å². The molecule has 6 rings (SSSR count). The molecular weight excluding hydrogens is 414 g/mol. The molecule has 1 aromatic carbocycles. The predicted octanol–water partition coefficient (Wildman–Crippen LogP) is 4.97. The summed E-state index contributed by atoms with van der Waals surface area (Å²) in [5.74, 6) is 0.704. The molecule has 0 bridgehead atoms. The Morgan fingerprint density at radius 3 is 2.62 bits per heavy atom. The van der Waals surface area contributed by atoms with E-state index in [9.17, 15) is 8.78 Å². The zero-order chi connectivity index (χ0) is 21.8. The van der Waals surface area contributed by atoms with Crippen molar-refractivity contribution in [3.8, 4) is 34.1 Å². The van der Waals surface area contributed by atoms with Crippen LogP contribution in [0.1, 0.15) is 18.9 Å². The zero-order valence-electron chi connectivity index (χ0n) is 17.1. The summed E-state index contributed by atoms with van der Waals surface area (Å²) in [6, 6.07) is 7.93. The van der Waals surface area contributed by atoms with Crippen molar-refractivity contribution < 1.29 is 13.2 Å². The molecule has 0 amide bonds. The summed E-state index contributed by atoms with van der Waals surface area (Å²) in [7, 11) is 1.89. The highest BCUT2D eigenvalue weighted by molar-refractivity contribution is 5.82. The van der Waals surface area contributed by atoms with Crippen molar-refractivity contribution in [2.45, 2.75) is 25.1 Å². The Bertz CT molecular complexity index is 1430. The Hall–Kier alpha value is -3.88. The molecule has 9 heteroatoms. The van der Waals surface area contributed by atoms with Crippen LogP contribution in [0.25, 0.3) is 45.2 Å². The van der Waals surface area contributed by atoms with Gasteiger partial charge in [-0.1, -0.05) is 0 Å². The first-order chi connectivity index (χ1) is 15.5. The maximum Gasteiger partial charge on any atom is 0.230 e. The van der Waals surface area contributed by atoms with Gasteiger partial charge in [-0.25, -0.2) is 18.7 Å². The van der Waals surface area contributed by atoms with Gasteiger partial charge < -0.3 is 8.98 Å². The molecule has 4 aromatic heterocycles. The lowest BCUT2D eigenvalue weighted by Gasteiger charge is -2.29. The monoisotopic (exact) mass is 432 g/mol. The van der Waals surface area contributed by atoms with Crippen LogP contribution in [0, 0.1) is 5.82 Å². The smallest absolute Gasteiger partial charge is 0.230 e. The molecule has 0 radical (unpaired) electrons. The van der Waals surface area contributed by atoms with Crippen molar-refractivity contribution in [1.82, 2.24) is 29.3 Å². The first-order valence-corrected chi connectivity index (χ1v) is 10.3. The van der Waals surface area contributed by atoms with Gasteiger partial charge >= 0.3 is 0 Å². The third-order valence-corrected chi connectivity index (χ3v) is 5.75. The number of alkyl halides is 1. The van der Waals surface area contributed by atoms with Gasteiger partial charge in [0.05, 0.1) is 23.3 Å². The molecule has 4 heterocycles. The van der Waals surface area contributed by atoms with Crippen LogP contribution in [-0.4, -0.2) is 35.5 Å². The average molecular weight is 432 g/mol. The molecule has 0 spiro atoms. The molecule has 160 valence electrons. The summed E-state index contributed by atoms with van der Waals surface area (Å²) in [5, 5.41) is 5.44. The van der Waals surface area contributed by atoms with Gasteiger partial charge in [0, 0.05) is 44.0 Å². The lowest BCUT2D eigenvalue weighted by Crippen LogP contribution is -2.28. The molecule has 1 saturated carbocycles. The van der Waals surface area contributed by atoms with Crippen LogP contribution in [0.15, 0.2) is 59.7 Å². The second kappa shape index (κ2) is 7.08. The van der Waals surface area contributed by atoms with Crippen LogP contribution < -0.4 is 0 Å². The van der Waals surface area contributed by atoms with Crippen LogP contribution >= 0.6 is 0 Å². The summed E-state index contributed by atoms with van der Waals surface area (Å²) in [6.45, 7) is 0.